The maximum atomic E-state index is 12.3. The Balaban J connectivity index is 1.67. The summed E-state index contributed by atoms with van der Waals surface area (Å²) in [5, 5.41) is 20.5. The molecule has 8 nitrogen and oxygen atoms in total. The van der Waals surface area contributed by atoms with Gasteiger partial charge in [0, 0.05) is 5.75 Å². The minimum atomic E-state index is -1.16. The van der Waals surface area contributed by atoms with E-state index in [1.54, 1.807) is 19.1 Å². The van der Waals surface area contributed by atoms with Crippen LogP contribution in [0.4, 0.5) is 0 Å². The van der Waals surface area contributed by atoms with Gasteiger partial charge in [-0.25, -0.2) is 9.59 Å². The maximum absolute atomic E-state index is 12.3. The number of benzene rings is 1. The predicted molar refractivity (Wildman–Crippen MR) is 92.5 cm³/mol. The Hall–Kier alpha value is -2.81. The third-order valence-corrected chi connectivity index (χ3v) is 5.64. The maximum Gasteiger partial charge on any atom is 0.352 e. The van der Waals surface area contributed by atoms with Gasteiger partial charge in [-0.15, -0.1) is 11.8 Å². The Morgan fingerprint density at radius 1 is 1.27 bits per heavy atom. The van der Waals surface area contributed by atoms with Crippen molar-refractivity contribution in [2.24, 2.45) is 0 Å². The van der Waals surface area contributed by atoms with Crippen molar-refractivity contribution in [3.63, 3.8) is 0 Å². The number of carbonyl (C=O) groups excluding carboxylic acids is 2. The zero-order chi connectivity index (χ0) is 19.0. The summed E-state index contributed by atoms with van der Waals surface area (Å²) in [7, 11) is 0. The van der Waals surface area contributed by atoms with E-state index in [9.17, 15) is 24.3 Å². The average Bonchev–Trinajstić information content (AvgIpc) is 2.59. The minimum absolute atomic E-state index is 0.0154. The van der Waals surface area contributed by atoms with Crippen LogP contribution in [0, 0.1) is 0 Å². The molecule has 1 fully saturated rings. The van der Waals surface area contributed by atoms with E-state index in [2.05, 4.69) is 5.32 Å². The lowest BCUT2D eigenvalue weighted by atomic mass is 10.0. The lowest BCUT2D eigenvalue weighted by Gasteiger charge is -2.49. The first-order valence-electron chi connectivity index (χ1n) is 7.79. The first-order chi connectivity index (χ1) is 12.3. The van der Waals surface area contributed by atoms with Gasteiger partial charge in [-0.05, 0) is 30.2 Å². The number of hydrogen-bond acceptors (Lipinski definition) is 5. The number of rotatable bonds is 5. The zero-order valence-electron chi connectivity index (χ0n) is 13.8. The largest absolute Gasteiger partial charge is 0.478 e. The van der Waals surface area contributed by atoms with E-state index >= 15 is 0 Å². The van der Waals surface area contributed by atoms with Crippen LogP contribution in [0.2, 0.25) is 0 Å². The number of carboxylic acid groups (broad SMARTS) is 2. The number of aliphatic carboxylic acids is 1. The van der Waals surface area contributed by atoms with E-state index in [-0.39, 0.29) is 17.7 Å². The molecule has 3 N–H and O–H groups in total. The van der Waals surface area contributed by atoms with Gasteiger partial charge in [0.15, 0.2) is 0 Å². The van der Waals surface area contributed by atoms with E-state index < -0.39 is 35.2 Å². The number of nitrogens with zero attached hydrogens (tertiary/aromatic N) is 1. The second-order valence-corrected chi connectivity index (χ2v) is 7.18. The second-order valence-electron chi connectivity index (χ2n) is 6.07. The molecule has 1 saturated heterocycles. The second kappa shape index (κ2) is 6.83. The summed E-state index contributed by atoms with van der Waals surface area (Å²) in [5.41, 5.74) is 1.20. The highest BCUT2D eigenvalue weighted by atomic mass is 32.2. The van der Waals surface area contributed by atoms with Crippen LogP contribution in [0.25, 0.3) is 0 Å². The van der Waals surface area contributed by atoms with Crippen LogP contribution in [0.3, 0.4) is 0 Å². The van der Waals surface area contributed by atoms with Gasteiger partial charge in [0.05, 0.1) is 12.0 Å². The van der Waals surface area contributed by atoms with Crippen molar-refractivity contribution in [1.29, 1.82) is 0 Å². The molecule has 2 aliphatic heterocycles. The fraction of sp³-hybridized carbons (Fsp3) is 0.294. The summed E-state index contributed by atoms with van der Waals surface area (Å²) in [4.78, 5) is 48.1. The molecular formula is C17H16N2O6S. The molecule has 2 amide bonds. The molecule has 2 aliphatic rings. The fourth-order valence-corrected chi connectivity index (χ4v) is 4.29. The highest BCUT2D eigenvalue weighted by Crippen LogP contribution is 2.40. The number of β-lactam (4-membered cyclic amide) rings is 1. The third-order valence-electron chi connectivity index (χ3n) is 4.22. The summed E-state index contributed by atoms with van der Waals surface area (Å²) in [6.45, 7) is 1.67. The van der Waals surface area contributed by atoms with Crippen LogP contribution in [-0.2, 0) is 20.8 Å². The van der Waals surface area contributed by atoms with Gasteiger partial charge in [0.2, 0.25) is 5.91 Å². The molecule has 26 heavy (non-hydrogen) atoms. The predicted octanol–water partition coefficient (Wildman–Crippen LogP) is 0.686. The number of hydrogen-bond donors (Lipinski definition) is 3. The molecule has 0 aromatic heterocycles. The highest BCUT2D eigenvalue weighted by Gasteiger charge is 2.53. The van der Waals surface area contributed by atoms with Gasteiger partial charge in [0.25, 0.3) is 5.91 Å². The number of thioether (sulfide) groups is 1. The first kappa shape index (κ1) is 18.0. The van der Waals surface area contributed by atoms with Gasteiger partial charge in [-0.3, -0.25) is 14.5 Å². The molecular weight excluding hydrogens is 360 g/mol. The van der Waals surface area contributed by atoms with Gasteiger partial charge in [-0.2, -0.15) is 0 Å². The smallest absolute Gasteiger partial charge is 0.352 e. The van der Waals surface area contributed by atoms with E-state index in [0.29, 0.717) is 16.9 Å². The summed E-state index contributed by atoms with van der Waals surface area (Å²) >= 11 is 1.40. The van der Waals surface area contributed by atoms with Crippen LogP contribution in [0.1, 0.15) is 22.8 Å². The van der Waals surface area contributed by atoms with Crippen LogP contribution in [-0.4, -0.2) is 56.0 Å². The molecule has 0 bridgehead atoms. The van der Waals surface area contributed by atoms with Crippen LogP contribution >= 0.6 is 11.8 Å². The fourth-order valence-electron chi connectivity index (χ4n) is 3.00. The Bertz CT molecular complexity index is 849. The standard InChI is InChI=1S/C17H16N2O6S/c1-8-7-26-15-12(14(21)19(15)13(8)17(24)25)18-11(20)6-9-3-2-4-10(5-9)16(22)23/h2-5,12,15H,6-7H2,1H3,(H,18,20)(H,22,23)(H,24,25)/t12-,15-/m1/s1. The summed E-state index contributed by atoms with van der Waals surface area (Å²) < 4.78 is 0. The van der Waals surface area contributed by atoms with Gasteiger partial charge in [-0.1, -0.05) is 12.1 Å². The lowest BCUT2D eigenvalue weighted by molar-refractivity contribution is -0.150. The van der Waals surface area contributed by atoms with Crippen molar-refractivity contribution in [1.82, 2.24) is 10.2 Å². The number of nitrogens with one attached hydrogen (secondary N) is 1. The molecule has 0 radical (unpaired) electrons. The molecule has 2 atom stereocenters. The molecule has 0 aliphatic carbocycles. The van der Waals surface area contributed by atoms with Crippen molar-refractivity contribution >= 4 is 35.5 Å². The van der Waals surface area contributed by atoms with E-state index in [1.807, 2.05) is 0 Å². The zero-order valence-corrected chi connectivity index (χ0v) is 14.6. The van der Waals surface area contributed by atoms with Crippen molar-refractivity contribution in [3.8, 4) is 0 Å². The molecule has 2 heterocycles. The Kier molecular flexibility index (Phi) is 4.73. The molecule has 1 aromatic rings. The summed E-state index contributed by atoms with van der Waals surface area (Å²) in [6.07, 6.45) is -0.0665. The molecule has 1 aromatic carbocycles. The lowest BCUT2D eigenvalue weighted by Crippen LogP contribution is -2.70. The van der Waals surface area contributed by atoms with Crippen LogP contribution in [0.5, 0.6) is 0 Å². The Morgan fingerprint density at radius 3 is 2.65 bits per heavy atom. The topological polar surface area (TPSA) is 124 Å². The Labute approximate surface area is 152 Å². The summed E-state index contributed by atoms with van der Waals surface area (Å²) in [5.74, 6) is -2.64. The van der Waals surface area contributed by atoms with Crippen molar-refractivity contribution in [2.45, 2.75) is 24.8 Å². The molecule has 0 spiro atoms. The molecule has 3 rings (SSSR count). The molecule has 0 saturated carbocycles. The van der Waals surface area contributed by atoms with Crippen LogP contribution in [0.15, 0.2) is 35.5 Å². The van der Waals surface area contributed by atoms with E-state index in [4.69, 9.17) is 5.11 Å². The van der Waals surface area contributed by atoms with Crippen LogP contribution < -0.4 is 5.32 Å². The number of carboxylic acids is 2. The normalized spacial score (nSPS) is 21.7. The van der Waals surface area contributed by atoms with Crippen molar-refractivity contribution < 1.29 is 29.4 Å². The van der Waals surface area contributed by atoms with Crippen molar-refractivity contribution in [2.75, 3.05) is 5.75 Å². The number of fused-ring (bicyclic) bond motifs is 1. The number of amides is 2. The van der Waals surface area contributed by atoms with Gasteiger partial charge >= 0.3 is 11.9 Å². The quantitative estimate of drug-likeness (QED) is 0.646. The third kappa shape index (κ3) is 3.17. The molecule has 0 unspecified atom stereocenters. The SMILES string of the molecule is CC1=C(C(=O)O)N2C(=O)[C@@H](NC(=O)Cc3cccc(C(=O)O)c3)[C@H]2SC1. The number of carbonyl (C=O) groups is 4. The van der Waals surface area contributed by atoms with E-state index in [0.717, 1.165) is 0 Å². The molecule has 9 heteroatoms. The Morgan fingerprint density at radius 2 is 2.00 bits per heavy atom. The molecule has 136 valence electrons. The van der Waals surface area contributed by atoms with E-state index in [1.165, 1.54) is 28.8 Å². The summed E-state index contributed by atoms with van der Waals surface area (Å²) in [6, 6.07) is 5.23. The van der Waals surface area contributed by atoms with Gasteiger partial charge in [0.1, 0.15) is 17.1 Å². The minimum Gasteiger partial charge on any atom is -0.478 e. The number of aromatic carboxylic acids is 1. The average molecular weight is 376 g/mol. The highest BCUT2D eigenvalue weighted by molar-refractivity contribution is 8.00. The monoisotopic (exact) mass is 376 g/mol. The van der Waals surface area contributed by atoms with Gasteiger partial charge < -0.3 is 15.5 Å². The van der Waals surface area contributed by atoms with Crippen molar-refractivity contribution in [3.05, 3.63) is 46.7 Å². The first-order valence-corrected chi connectivity index (χ1v) is 8.83.